The molecule has 0 saturated carbocycles. The number of nitrogens with zero attached hydrogens (tertiary/aromatic N) is 1. The summed E-state index contributed by atoms with van der Waals surface area (Å²) in [5.41, 5.74) is 15.0. The molecule has 1 aliphatic carbocycles. The van der Waals surface area contributed by atoms with E-state index in [4.69, 9.17) is 4.42 Å². The van der Waals surface area contributed by atoms with Crippen molar-refractivity contribution in [2.24, 2.45) is 0 Å². The van der Waals surface area contributed by atoms with Crippen LogP contribution in [0.3, 0.4) is 0 Å². The molecule has 0 atom stereocenters. The average Bonchev–Trinajstić information content (AvgIpc) is 3.65. The second kappa shape index (κ2) is 11.3. The minimum Gasteiger partial charge on any atom is -0.456 e. The molecule has 0 N–H and O–H groups in total. The van der Waals surface area contributed by atoms with Gasteiger partial charge >= 0.3 is 0 Å². The molecular formula is C49H35NO. The van der Waals surface area contributed by atoms with Crippen molar-refractivity contribution in [2.75, 3.05) is 4.90 Å². The van der Waals surface area contributed by atoms with Crippen molar-refractivity contribution in [3.05, 3.63) is 187 Å². The fraction of sp³-hybridized carbons (Fsp3) is 0.0612. The zero-order chi connectivity index (χ0) is 34.1. The third-order valence-electron chi connectivity index (χ3n) is 10.9. The van der Waals surface area contributed by atoms with Gasteiger partial charge < -0.3 is 9.32 Å². The van der Waals surface area contributed by atoms with Gasteiger partial charge in [-0.1, -0.05) is 135 Å². The van der Waals surface area contributed by atoms with Crippen LogP contribution in [0.4, 0.5) is 17.1 Å². The number of hydrogen-bond donors (Lipinski definition) is 0. The number of benzene rings is 8. The Hall–Kier alpha value is -6.38. The maximum absolute atomic E-state index is 6.36. The molecule has 2 nitrogen and oxygen atoms in total. The summed E-state index contributed by atoms with van der Waals surface area (Å²) in [5.74, 6) is 0. The standard InChI is InChI=1S/C49H35NO/c1-49(2)44-29-38(26-27-40(44)42-30-43-41-17-9-11-19-47(41)51-48(43)31-45(42)49)50(46-18-10-8-16-39(46)34-13-4-3-5-14-34)37-24-22-33(23-25-37)36-21-20-32-12-6-7-15-35(32)28-36/h3-31H,1-2H3. The van der Waals surface area contributed by atoms with Gasteiger partial charge in [-0.2, -0.15) is 0 Å². The van der Waals surface area contributed by atoms with Gasteiger partial charge in [0, 0.05) is 33.1 Å². The van der Waals surface area contributed by atoms with Gasteiger partial charge in [-0.05, 0) is 104 Å². The van der Waals surface area contributed by atoms with Crippen LogP contribution in [0, 0.1) is 0 Å². The molecule has 0 radical (unpaired) electrons. The molecule has 0 unspecified atom stereocenters. The first-order valence-corrected chi connectivity index (χ1v) is 17.7. The molecule has 0 spiro atoms. The highest BCUT2D eigenvalue weighted by Gasteiger charge is 2.37. The van der Waals surface area contributed by atoms with E-state index in [2.05, 4.69) is 189 Å². The number of para-hydroxylation sites is 2. The van der Waals surface area contributed by atoms with Crippen LogP contribution in [0.25, 0.3) is 66.1 Å². The van der Waals surface area contributed by atoms with E-state index in [1.54, 1.807) is 0 Å². The van der Waals surface area contributed by atoms with Crippen LogP contribution in [-0.2, 0) is 5.41 Å². The van der Waals surface area contributed by atoms with Crippen molar-refractivity contribution in [3.8, 4) is 33.4 Å². The molecule has 2 heteroatoms. The van der Waals surface area contributed by atoms with E-state index in [-0.39, 0.29) is 5.41 Å². The summed E-state index contributed by atoms with van der Waals surface area (Å²) in [7, 11) is 0. The van der Waals surface area contributed by atoms with Gasteiger partial charge in [-0.25, -0.2) is 0 Å². The lowest BCUT2D eigenvalue weighted by molar-refractivity contribution is 0.647. The highest BCUT2D eigenvalue weighted by Crippen LogP contribution is 2.53. The van der Waals surface area contributed by atoms with E-state index in [9.17, 15) is 0 Å². The zero-order valence-electron chi connectivity index (χ0n) is 28.6. The summed E-state index contributed by atoms with van der Waals surface area (Å²) in [6.45, 7) is 4.69. The molecule has 0 saturated heterocycles. The lowest BCUT2D eigenvalue weighted by atomic mass is 9.82. The van der Waals surface area contributed by atoms with Crippen LogP contribution < -0.4 is 4.90 Å². The lowest BCUT2D eigenvalue weighted by Crippen LogP contribution is -2.17. The topological polar surface area (TPSA) is 16.4 Å². The lowest BCUT2D eigenvalue weighted by Gasteiger charge is -2.30. The van der Waals surface area contributed by atoms with Crippen molar-refractivity contribution in [3.63, 3.8) is 0 Å². The summed E-state index contributed by atoms with van der Waals surface area (Å²) in [6.07, 6.45) is 0. The van der Waals surface area contributed by atoms with Crippen molar-refractivity contribution in [1.82, 2.24) is 0 Å². The Balaban J connectivity index is 1.13. The molecule has 10 rings (SSSR count). The third kappa shape index (κ3) is 4.71. The van der Waals surface area contributed by atoms with Crippen LogP contribution in [0.15, 0.2) is 180 Å². The molecule has 1 aliphatic rings. The van der Waals surface area contributed by atoms with E-state index in [0.29, 0.717) is 0 Å². The molecule has 0 amide bonds. The van der Waals surface area contributed by atoms with Crippen LogP contribution in [0.1, 0.15) is 25.0 Å². The smallest absolute Gasteiger partial charge is 0.135 e. The Morgan fingerprint density at radius 1 is 0.412 bits per heavy atom. The van der Waals surface area contributed by atoms with Crippen LogP contribution in [-0.4, -0.2) is 0 Å². The monoisotopic (exact) mass is 653 g/mol. The summed E-state index contributed by atoms with van der Waals surface area (Å²) in [6, 6.07) is 63.7. The molecule has 242 valence electrons. The van der Waals surface area contributed by atoms with Crippen molar-refractivity contribution < 1.29 is 4.42 Å². The van der Waals surface area contributed by atoms with E-state index >= 15 is 0 Å². The highest BCUT2D eigenvalue weighted by atomic mass is 16.3. The minimum absolute atomic E-state index is 0.210. The number of hydrogen-bond acceptors (Lipinski definition) is 2. The Morgan fingerprint density at radius 3 is 1.96 bits per heavy atom. The largest absolute Gasteiger partial charge is 0.456 e. The van der Waals surface area contributed by atoms with Gasteiger partial charge in [0.2, 0.25) is 0 Å². The molecule has 9 aromatic rings. The number of rotatable bonds is 5. The Bertz CT molecular complexity index is 2770. The first-order valence-electron chi connectivity index (χ1n) is 17.7. The molecule has 8 aromatic carbocycles. The van der Waals surface area contributed by atoms with Gasteiger partial charge in [-0.15, -0.1) is 0 Å². The molecular weight excluding hydrogens is 619 g/mol. The fourth-order valence-corrected chi connectivity index (χ4v) is 8.21. The highest BCUT2D eigenvalue weighted by molar-refractivity contribution is 6.08. The first-order chi connectivity index (χ1) is 25.0. The van der Waals surface area contributed by atoms with Gasteiger partial charge in [0.15, 0.2) is 0 Å². The van der Waals surface area contributed by atoms with E-state index in [1.165, 1.54) is 60.7 Å². The summed E-state index contributed by atoms with van der Waals surface area (Å²) in [4.78, 5) is 2.42. The van der Waals surface area contributed by atoms with Crippen LogP contribution in [0.5, 0.6) is 0 Å². The Labute approximate surface area is 297 Å². The predicted molar refractivity (Wildman–Crippen MR) is 214 cm³/mol. The minimum atomic E-state index is -0.210. The van der Waals surface area contributed by atoms with Crippen molar-refractivity contribution in [2.45, 2.75) is 19.3 Å². The van der Waals surface area contributed by atoms with E-state index < -0.39 is 0 Å². The van der Waals surface area contributed by atoms with E-state index in [1.807, 2.05) is 6.07 Å². The summed E-state index contributed by atoms with van der Waals surface area (Å²) in [5, 5.41) is 4.83. The molecule has 0 bridgehead atoms. The van der Waals surface area contributed by atoms with Crippen LogP contribution in [0.2, 0.25) is 0 Å². The number of fused-ring (bicyclic) bond motifs is 7. The zero-order valence-corrected chi connectivity index (χ0v) is 28.6. The fourth-order valence-electron chi connectivity index (χ4n) is 8.21. The quantitative estimate of drug-likeness (QED) is 0.184. The van der Waals surface area contributed by atoms with Crippen molar-refractivity contribution in [1.29, 1.82) is 0 Å². The number of furan rings is 1. The molecule has 0 aliphatic heterocycles. The van der Waals surface area contributed by atoms with Crippen molar-refractivity contribution >= 4 is 49.8 Å². The average molecular weight is 654 g/mol. The second-order valence-corrected chi connectivity index (χ2v) is 14.2. The van der Waals surface area contributed by atoms with E-state index in [0.717, 1.165) is 33.6 Å². The SMILES string of the molecule is CC1(C)c2cc(N(c3ccc(-c4ccc5ccccc5c4)cc3)c3ccccc3-c3ccccc3)ccc2-c2cc3c(cc21)oc1ccccc13. The van der Waals surface area contributed by atoms with Gasteiger partial charge in [0.25, 0.3) is 0 Å². The molecule has 0 fully saturated rings. The van der Waals surface area contributed by atoms with Gasteiger partial charge in [-0.3, -0.25) is 0 Å². The maximum atomic E-state index is 6.36. The second-order valence-electron chi connectivity index (χ2n) is 14.2. The summed E-state index contributed by atoms with van der Waals surface area (Å²) < 4.78 is 6.36. The maximum Gasteiger partial charge on any atom is 0.135 e. The molecule has 51 heavy (non-hydrogen) atoms. The molecule has 1 heterocycles. The first kappa shape index (κ1) is 29.5. The predicted octanol–water partition coefficient (Wildman–Crippen LogP) is 13.8. The van der Waals surface area contributed by atoms with Gasteiger partial charge in [0.1, 0.15) is 11.2 Å². The molecule has 1 aromatic heterocycles. The number of anilines is 3. The summed E-state index contributed by atoms with van der Waals surface area (Å²) >= 11 is 0. The Morgan fingerprint density at radius 2 is 1.10 bits per heavy atom. The third-order valence-corrected chi connectivity index (χ3v) is 10.9. The normalized spacial score (nSPS) is 13.1. The van der Waals surface area contributed by atoms with Gasteiger partial charge in [0.05, 0.1) is 5.69 Å². The van der Waals surface area contributed by atoms with Crippen LogP contribution >= 0.6 is 0 Å². The Kier molecular flexibility index (Phi) is 6.56.